The van der Waals surface area contributed by atoms with Crippen LogP contribution in [-0.4, -0.2) is 5.27 Å². The molecule has 0 fully saturated rings. The number of hydrogen-bond donors (Lipinski definition) is 0. The van der Waals surface area contributed by atoms with Crippen LogP contribution in [0.15, 0.2) is 182 Å². The van der Waals surface area contributed by atoms with Gasteiger partial charge in [0.15, 0.2) is 0 Å². The van der Waals surface area contributed by atoms with E-state index in [-0.39, 0.29) is 24.7 Å². The fourth-order valence-electron chi connectivity index (χ4n) is 6.16. The Balaban J connectivity index is 0.00000368. The predicted octanol–water partition coefficient (Wildman–Crippen LogP) is 8.47. The first-order valence-electron chi connectivity index (χ1n) is 13.8. The smallest absolute Gasteiger partial charge is 0 e. The van der Waals surface area contributed by atoms with Gasteiger partial charge in [-0.2, -0.15) is 0 Å². The average Bonchev–Trinajstić information content (AvgIpc) is 3.10. The molecule has 0 spiro atoms. The van der Waals surface area contributed by atoms with Gasteiger partial charge in [0.2, 0.25) is 0 Å². The Hall–Kier alpha value is -2.95. The molecule has 1 radical (unpaired) electrons. The van der Waals surface area contributed by atoms with Crippen molar-refractivity contribution in [2.24, 2.45) is 0 Å². The quantitative estimate of drug-likeness (QED) is 0.114. The van der Waals surface area contributed by atoms with Gasteiger partial charge in [-0.25, -0.2) is 0 Å². The summed E-state index contributed by atoms with van der Waals surface area (Å²) in [5, 5.41) is 4.36. The average molecular weight is 726 g/mol. The van der Waals surface area contributed by atoms with Crippen LogP contribution >= 0.6 is 34.4 Å². The van der Waals surface area contributed by atoms with Crippen molar-refractivity contribution >= 4 is 71.5 Å². The van der Waals surface area contributed by atoms with Crippen molar-refractivity contribution in [3.63, 3.8) is 0 Å². The van der Waals surface area contributed by atoms with Gasteiger partial charge >= 0.3 is 258 Å². The minimum absolute atomic E-state index is 0. The van der Waals surface area contributed by atoms with Crippen molar-refractivity contribution in [1.29, 1.82) is 0 Å². The van der Waals surface area contributed by atoms with Crippen LogP contribution in [0, 0.1) is 0 Å². The van der Waals surface area contributed by atoms with E-state index in [9.17, 15) is 0 Å². The summed E-state index contributed by atoms with van der Waals surface area (Å²) in [6.07, 6.45) is 0. The SMILES string of the molecule is O=C(P(Cl)(c1ccccc1)(c1ccccc1)c1ccccc1)P(Cl)(c1ccccc1)(c1ccccc1)c1ccccc1.[Rh]. The van der Waals surface area contributed by atoms with Crippen LogP contribution in [0.1, 0.15) is 0 Å². The molecule has 217 valence electrons. The predicted molar refractivity (Wildman–Crippen MR) is 187 cm³/mol. The van der Waals surface area contributed by atoms with E-state index in [2.05, 4.69) is 0 Å². The molecule has 0 saturated heterocycles. The summed E-state index contributed by atoms with van der Waals surface area (Å²) in [7, 11) is 0. The molecule has 0 bridgehead atoms. The van der Waals surface area contributed by atoms with Crippen LogP contribution in [0.25, 0.3) is 0 Å². The molecule has 6 aromatic carbocycles. The van der Waals surface area contributed by atoms with Gasteiger partial charge < -0.3 is 0 Å². The van der Waals surface area contributed by atoms with E-state index in [4.69, 9.17) is 22.5 Å². The van der Waals surface area contributed by atoms with Crippen LogP contribution in [0.2, 0.25) is 0 Å². The second-order valence-electron chi connectivity index (χ2n) is 10.3. The first-order valence-corrected chi connectivity index (χ1v) is 20.1. The van der Waals surface area contributed by atoms with Gasteiger partial charge in [0.05, 0.1) is 0 Å². The third kappa shape index (κ3) is 4.51. The van der Waals surface area contributed by atoms with E-state index in [0.717, 1.165) is 31.8 Å². The molecular formula is C37H30Cl2OP2Rh. The van der Waals surface area contributed by atoms with Gasteiger partial charge in [0.1, 0.15) is 0 Å². The third-order valence-electron chi connectivity index (χ3n) is 8.16. The molecule has 0 aliphatic carbocycles. The van der Waals surface area contributed by atoms with Crippen molar-refractivity contribution in [2.45, 2.75) is 0 Å². The molecule has 0 amide bonds. The van der Waals surface area contributed by atoms with Crippen molar-refractivity contribution < 1.29 is 24.3 Å². The molecule has 0 aromatic heterocycles. The van der Waals surface area contributed by atoms with Gasteiger partial charge in [0, 0.05) is 19.5 Å². The van der Waals surface area contributed by atoms with E-state index in [1.54, 1.807) is 0 Å². The Labute approximate surface area is 276 Å². The van der Waals surface area contributed by atoms with Crippen molar-refractivity contribution in [1.82, 2.24) is 0 Å². The maximum Gasteiger partial charge on any atom is 0 e. The topological polar surface area (TPSA) is 17.1 Å². The van der Waals surface area contributed by atoms with Gasteiger partial charge in [-0.05, 0) is 0 Å². The number of carbonyl (C=O) groups excluding carboxylic acids is 1. The number of hydrogen-bond acceptors (Lipinski definition) is 1. The largest absolute Gasteiger partial charge is 0 e. The molecule has 0 atom stereocenters. The van der Waals surface area contributed by atoms with E-state index in [1.807, 2.05) is 182 Å². The van der Waals surface area contributed by atoms with Crippen LogP contribution in [-0.2, 0) is 19.5 Å². The Bertz CT molecular complexity index is 1490. The molecule has 0 aliphatic rings. The van der Waals surface area contributed by atoms with Gasteiger partial charge in [0.25, 0.3) is 0 Å². The standard InChI is InChI=1S/C37H30Cl2OP2.Rh/c38-41(31-19-7-1-8-20-31,32-21-9-2-10-22-32,33-23-11-3-12-24-33)37(40)42(39,34-25-13-4-14-26-34,35-27-15-5-16-28-35)36-29-17-6-18-30-36;/h1-30H;. The maximum atomic E-state index is 16.8. The molecular weight excluding hydrogens is 696 g/mol. The number of rotatable bonds is 8. The molecule has 0 heterocycles. The summed E-state index contributed by atoms with van der Waals surface area (Å²) in [6, 6.07) is 59.0. The molecule has 6 aromatic rings. The molecule has 0 aliphatic heterocycles. The van der Waals surface area contributed by atoms with E-state index < -0.39 is 11.9 Å². The zero-order chi connectivity index (χ0) is 29.1. The van der Waals surface area contributed by atoms with Crippen LogP contribution < -0.4 is 31.8 Å². The molecule has 0 N–H and O–H groups in total. The summed E-state index contributed by atoms with van der Waals surface area (Å²) in [4.78, 5) is 16.8. The molecule has 1 nitrogen and oxygen atoms in total. The molecule has 6 rings (SSSR count). The normalized spacial score (nSPS) is 13.3. The third-order valence-corrected chi connectivity index (χ3v) is 24.8. The van der Waals surface area contributed by atoms with Crippen molar-refractivity contribution in [2.75, 3.05) is 0 Å². The van der Waals surface area contributed by atoms with E-state index in [0.29, 0.717) is 0 Å². The van der Waals surface area contributed by atoms with Gasteiger partial charge in [-0.15, -0.1) is 0 Å². The van der Waals surface area contributed by atoms with Crippen LogP contribution in [0.3, 0.4) is 0 Å². The zero-order valence-corrected chi connectivity index (χ0v) is 28.2. The first kappa shape index (κ1) is 31.5. The number of halogens is 2. The van der Waals surface area contributed by atoms with Gasteiger partial charge in [-0.3, -0.25) is 0 Å². The Morgan fingerprint density at radius 3 is 0.605 bits per heavy atom. The fourth-order valence-corrected chi connectivity index (χ4v) is 23.7. The molecule has 6 heteroatoms. The Morgan fingerprint density at radius 2 is 0.465 bits per heavy atom. The van der Waals surface area contributed by atoms with Crippen LogP contribution in [0.5, 0.6) is 0 Å². The second kappa shape index (κ2) is 12.2. The summed E-state index contributed by atoms with van der Waals surface area (Å²) in [6.45, 7) is 0. The molecule has 43 heavy (non-hydrogen) atoms. The summed E-state index contributed by atoms with van der Waals surface area (Å²) < 4.78 is 0. The summed E-state index contributed by atoms with van der Waals surface area (Å²) in [5.41, 5.74) is 0. The van der Waals surface area contributed by atoms with E-state index in [1.165, 1.54) is 0 Å². The molecule has 0 unspecified atom stereocenters. The zero-order valence-electron chi connectivity index (χ0n) is 23.2. The minimum atomic E-state index is -4.57. The maximum absolute atomic E-state index is 16.8. The summed E-state index contributed by atoms with van der Waals surface area (Å²) >= 11 is 17.2. The molecule has 0 saturated carbocycles. The van der Waals surface area contributed by atoms with Gasteiger partial charge in [-0.1, -0.05) is 0 Å². The monoisotopic (exact) mass is 725 g/mol. The van der Waals surface area contributed by atoms with Crippen molar-refractivity contribution in [3.8, 4) is 0 Å². The number of benzene rings is 6. The fraction of sp³-hybridized carbons (Fsp3) is 0. The van der Waals surface area contributed by atoms with Crippen LogP contribution in [0.4, 0.5) is 4.79 Å². The second-order valence-corrected chi connectivity index (χ2v) is 22.7. The minimum Gasteiger partial charge on any atom is 0 e. The Morgan fingerprint density at radius 1 is 0.326 bits per heavy atom. The Kier molecular flexibility index (Phi) is 8.94. The number of carbonyl (C=O) groups is 1. The van der Waals surface area contributed by atoms with Crippen molar-refractivity contribution in [3.05, 3.63) is 182 Å². The first-order chi connectivity index (χ1) is 20.4. The van der Waals surface area contributed by atoms with E-state index >= 15 is 4.79 Å². The summed E-state index contributed by atoms with van der Waals surface area (Å²) in [5.74, 6) is -9.14.